The Kier molecular flexibility index (Phi) is 5.96. The zero-order chi connectivity index (χ0) is 12.5. The van der Waals surface area contributed by atoms with Crippen LogP contribution in [0.2, 0.25) is 0 Å². The molecule has 1 heterocycles. The smallest absolute Gasteiger partial charge is 0.330 e. The molecule has 0 aliphatic rings. The largest absolute Gasteiger partial charge is 0.463 e. The molecule has 0 radical (unpaired) electrons. The van der Waals surface area contributed by atoms with Gasteiger partial charge in [-0.2, -0.15) is 0 Å². The Labute approximate surface area is 102 Å². The van der Waals surface area contributed by atoms with E-state index in [1.807, 2.05) is 25.1 Å². The van der Waals surface area contributed by atoms with Gasteiger partial charge in [0.05, 0.1) is 12.3 Å². The molecule has 0 aliphatic carbocycles. The summed E-state index contributed by atoms with van der Waals surface area (Å²) in [7, 11) is 0. The second-order valence-corrected chi connectivity index (χ2v) is 3.54. The molecule has 92 valence electrons. The Morgan fingerprint density at radius 1 is 1.59 bits per heavy atom. The number of aromatic nitrogens is 1. The topological polar surface area (TPSA) is 51.2 Å². The van der Waals surface area contributed by atoms with Gasteiger partial charge >= 0.3 is 5.97 Å². The highest BCUT2D eigenvalue weighted by molar-refractivity contribution is 5.81. The third-order valence-electron chi connectivity index (χ3n) is 2.21. The number of hydrogen-bond acceptors (Lipinski definition) is 4. The number of rotatable bonds is 6. The first-order valence-electron chi connectivity index (χ1n) is 5.71. The van der Waals surface area contributed by atoms with Gasteiger partial charge in [0.15, 0.2) is 0 Å². The van der Waals surface area contributed by atoms with Crippen LogP contribution in [-0.2, 0) is 9.53 Å². The molecule has 0 bridgehead atoms. The summed E-state index contributed by atoms with van der Waals surface area (Å²) in [5, 5.41) is 3.24. The Morgan fingerprint density at radius 3 is 3.06 bits per heavy atom. The number of nitrogens with zero attached hydrogens (tertiary/aromatic N) is 1. The predicted molar refractivity (Wildman–Crippen MR) is 66.4 cm³/mol. The summed E-state index contributed by atoms with van der Waals surface area (Å²) in [5.74, 6) is -0.306. The molecular formula is C13H18N2O2. The number of ether oxygens (including phenoxy) is 1. The van der Waals surface area contributed by atoms with Crippen molar-refractivity contribution in [1.82, 2.24) is 10.3 Å². The van der Waals surface area contributed by atoms with E-state index in [0.717, 1.165) is 5.69 Å². The van der Waals surface area contributed by atoms with Crippen molar-refractivity contribution >= 4 is 5.97 Å². The van der Waals surface area contributed by atoms with Crippen molar-refractivity contribution in [2.75, 3.05) is 13.2 Å². The van der Waals surface area contributed by atoms with Gasteiger partial charge < -0.3 is 10.1 Å². The highest BCUT2D eigenvalue weighted by Gasteiger charge is 2.03. The number of hydrogen-bond donors (Lipinski definition) is 1. The van der Waals surface area contributed by atoms with Gasteiger partial charge in [-0.1, -0.05) is 12.1 Å². The van der Waals surface area contributed by atoms with Crippen molar-refractivity contribution in [3.63, 3.8) is 0 Å². The fourth-order valence-corrected chi connectivity index (χ4v) is 1.33. The molecule has 4 heteroatoms. The van der Waals surface area contributed by atoms with E-state index in [1.165, 1.54) is 6.08 Å². The monoisotopic (exact) mass is 234 g/mol. The minimum Gasteiger partial charge on any atom is -0.463 e. The summed E-state index contributed by atoms with van der Waals surface area (Å²) in [6.45, 7) is 4.82. The maximum atomic E-state index is 11.0. The fraction of sp³-hybridized carbons (Fsp3) is 0.385. The summed E-state index contributed by atoms with van der Waals surface area (Å²) in [5.41, 5.74) is 0.983. The Morgan fingerprint density at radius 2 is 2.41 bits per heavy atom. The summed E-state index contributed by atoms with van der Waals surface area (Å²) >= 11 is 0. The second kappa shape index (κ2) is 7.57. The fourth-order valence-electron chi connectivity index (χ4n) is 1.33. The van der Waals surface area contributed by atoms with Gasteiger partial charge in [-0.05, 0) is 26.0 Å². The van der Waals surface area contributed by atoms with Crippen LogP contribution in [0.5, 0.6) is 0 Å². The van der Waals surface area contributed by atoms with Gasteiger partial charge in [0.25, 0.3) is 0 Å². The lowest BCUT2D eigenvalue weighted by atomic mass is 10.2. The van der Waals surface area contributed by atoms with Crippen LogP contribution < -0.4 is 5.32 Å². The number of esters is 1. The van der Waals surface area contributed by atoms with Crippen LogP contribution in [0, 0.1) is 0 Å². The van der Waals surface area contributed by atoms with E-state index >= 15 is 0 Å². The van der Waals surface area contributed by atoms with E-state index in [2.05, 4.69) is 10.3 Å². The molecule has 0 aliphatic heterocycles. The van der Waals surface area contributed by atoms with Crippen LogP contribution in [0.3, 0.4) is 0 Å². The van der Waals surface area contributed by atoms with Gasteiger partial charge in [-0.25, -0.2) is 4.79 Å². The second-order valence-electron chi connectivity index (χ2n) is 3.54. The number of carbonyl (C=O) groups is 1. The van der Waals surface area contributed by atoms with Crippen LogP contribution >= 0.6 is 0 Å². The van der Waals surface area contributed by atoms with Crippen molar-refractivity contribution in [3.05, 3.63) is 42.2 Å². The van der Waals surface area contributed by atoms with Gasteiger partial charge in [0.2, 0.25) is 0 Å². The third-order valence-corrected chi connectivity index (χ3v) is 2.21. The van der Waals surface area contributed by atoms with E-state index in [4.69, 9.17) is 4.74 Å². The molecule has 4 nitrogen and oxygen atoms in total. The molecule has 0 aromatic carbocycles. The van der Waals surface area contributed by atoms with Crippen molar-refractivity contribution in [1.29, 1.82) is 0 Å². The van der Waals surface area contributed by atoms with Crippen LogP contribution in [0.25, 0.3) is 0 Å². The SMILES string of the molecule is CCOC(=O)/C=C/CNC(C)c1ccccn1. The molecule has 17 heavy (non-hydrogen) atoms. The third kappa shape index (κ3) is 5.26. The summed E-state index contributed by atoms with van der Waals surface area (Å²) in [6.07, 6.45) is 4.95. The van der Waals surface area contributed by atoms with Crippen LogP contribution in [0.4, 0.5) is 0 Å². The molecule has 0 fully saturated rings. The van der Waals surface area contributed by atoms with E-state index < -0.39 is 0 Å². The molecule has 1 atom stereocenters. The Hall–Kier alpha value is -1.68. The molecule has 0 amide bonds. The molecule has 0 spiro atoms. The molecule has 1 N–H and O–H groups in total. The average molecular weight is 234 g/mol. The van der Waals surface area contributed by atoms with Gasteiger partial charge in [-0.3, -0.25) is 4.98 Å². The van der Waals surface area contributed by atoms with Gasteiger partial charge in [0, 0.05) is 24.9 Å². The van der Waals surface area contributed by atoms with Crippen molar-refractivity contribution in [2.45, 2.75) is 19.9 Å². The lowest BCUT2D eigenvalue weighted by Crippen LogP contribution is -2.19. The molecule has 0 saturated heterocycles. The zero-order valence-corrected chi connectivity index (χ0v) is 10.2. The molecule has 1 rings (SSSR count). The lowest BCUT2D eigenvalue weighted by Gasteiger charge is -2.10. The first kappa shape index (κ1) is 13.4. The quantitative estimate of drug-likeness (QED) is 0.603. The molecule has 1 aromatic heterocycles. The first-order chi connectivity index (χ1) is 8.24. The Balaban J connectivity index is 2.29. The minimum absolute atomic E-state index is 0.156. The maximum Gasteiger partial charge on any atom is 0.330 e. The number of pyridine rings is 1. The molecule has 0 saturated carbocycles. The molecule has 1 aromatic rings. The van der Waals surface area contributed by atoms with Crippen LogP contribution in [-0.4, -0.2) is 24.1 Å². The Bertz CT molecular complexity index is 363. The van der Waals surface area contributed by atoms with Crippen LogP contribution in [0.1, 0.15) is 25.6 Å². The maximum absolute atomic E-state index is 11.0. The summed E-state index contributed by atoms with van der Waals surface area (Å²) < 4.78 is 4.77. The summed E-state index contributed by atoms with van der Waals surface area (Å²) in [6, 6.07) is 5.96. The van der Waals surface area contributed by atoms with Gasteiger partial charge in [-0.15, -0.1) is 0 Å². The van der Waals surface area contributed by atoms with E-state index in [0.29, 0.717) is 13.2 Å². The predicted octanol–water partition coefficient (Wildman–Crippen LogP) is 1.85. The standard InChI is InChI=1S/C13H18N2O2/c1-3-17-13(16)8-6-10-14-11(2)12-7-4-5-9-15-12/h4-9,11,14H,3,10H2,1-2H3/b8-6+. The number of carbonyl (C=O) groups excluding carboxylic acids is 1. The molecular weight excluding hydrogens is 216 g/mol. The van der Waals surface area contributed by atoms with E-state index in [1.54, 1.807) is 19.2 Å². The molecule has 1 unspecified atom stereocenters. The highest BCUT2D eigenvalue weighted by Crippen LogP contribution is 2.06. The van der Waals surface area contributed by atoms with Crippen molar-refractivity contribution < 1.29 is 9.53 Å². The highest BCUT2D eigenvalue weighted by atomic mass is 16.5. The van der Waals surface area contributed by atoms with Crippen molar-refractivity contribution in [2.24, 2.45) is 0 Å². The summed E-state index contributed by atoms with van der Waals surface area (Å²) in [4.78, 5) is 15.3. The first-order valence-corrected chi connectivity index (χ1v) is 5.71. The van der Waals surface area contributed by atoms with Crippen molar-refractivity contribution in [3.8, 4) is 0 Å². The van der Waals surface area contributed by atoms with E-state index in [9.17, 15) is 4.79 Å². The lowest BCUT2D eigenvalue weighted by molar-refractivity contribution is -0.137. The zero-order valence-electron chi connectivity index (χ0n) is 10.2. The normalized spacial score (nSPS) is 12.6. The van der Waals surface area contributed by atoms with E-state index in [-0.39, 0.29) is 12.0 Å². The average Bonchev–Trinajstić information content (AvgIpc) is 2.36. The number of nitrogens with one attached hydrogen (secondary N) is 1. The van der Waals surface area contributed by atoms with Gasteiger partial charge in [0.1, 0.15) is 0 Å². The minimum atomic E-state index is -0.306. The van der Waals surface area contributed by atoms with Crippen LogP contribution in [0.15, 0.2) is 36.5 Å².